The molecule has 16 heavy (non-hydrogen) atoms. The number of carbonyl (C=O) groups is 2. The van der Waals surface area contributed by atoms with Crippen molar-refractivity contribution >= 4 is 11.7 Å². The van der Waals surface area contributed by atoms with E-state index in [2.05, 4.69) is 10.4 Å². The van der Waals surface area contributed by atoms with Gasteiger partial charge in [0.1, 0.15) is 5.78 Å². The molecule has 2 rings (SSSR count). The van der Waals surface area contributed by atoms with E-state index < -0.39 is 0 Å². The minimum absolute atomic E-state index is 0.00241. The molecule has 0 unspecified atom stereocenters. The number of ketones is 1. The number of carbonyl (C=O) groups excluding carboxylic acids is 2. The van der Waals surface area contributed by atoms with Crippen molar-refractivity contribution in [3.05, 3.63) is 17.5 Å². The normalized spacial score (nSPS) is 21.0. The van der Waals surface area contributed by atoms with E-state index in [0.29, 0.717) is 6.42 Å². The first-order valence-corrected chi connectivity index (χ1v) is 5.45. The average Bonchev–Trinajstić information content (AvgIpc) is 2.58. The third-order valence-corrected chi connectivity index (χ3v) is 2.81. The molecule has 0 saturated carbocycles. The van der Waals surface area contributed by atoms with E-state index in [1.165, 1.54) is 0 Å². The van der Waals surface area contributed by atoms with Gasteiger partial charge in [0, 0.05) is 24.7 Å². The Morgan fingerprint density at radius 1 is 1.56 bits per heavy atom. The maximum Gasteiger partial charge on any atom is 0.227 e. The molecule has 86 valence electrons. The van der Waals surface area contributed by atoms with Gasteiger partial charge in [-0.1, -0.05) is 0 Å². The van der Waals surface area contributed by atoms with Gasteiger partial charge in [0.25, 0.3) is 0 Å². The van der Waals surface area contributed by atoms with Gasteiger partial charge in [0.05, 0.1) is 18.2 Å². The van der Waals surface area contributed by atoms with Gasteiger partial charge in [-0.25, -0.2) is 0 Å². The van der Waals surface area contributed by atoms with Gasteiger partial charge in [-0.3, -0.25) is 14.3 Å². The van der Waals surface area contributed by atoms with Crippen molar-refractivity contribution in [2.24, 2.45) is 0 Å². The van der Waals surface area contributed by atoms with Gasteiger partial charge in [-0.05, 0) is 13.8 Å². The van der Waals surface area contributed by atoms with Crippen LogP contribution in [0.4, 0.5) is 0 Å². The van der Waals surface area contributed by atoms with Crippen molar-refractivity contribution in [2.45, 2.75) is 39.3 Å². The second-order valence-electron chi connectivity index (χ2n) is 4.07. The third-order valence-electron chi connectivity index (χ3n) is 2.81. The standard InChI is InChI=1S/C11H15N3O2/c1-3-14-6-9(7(2)13-14)10-4-8(15)5-11(16)12-10/h6,10H,3-5H2,1-2H3,(H,12,16)/t10-/m0/s1. The van der Waals surface area contributed by atoms with Crippen molar-refractivity contribution in [1.29, 1.82) is 0 Å². The average molecular weight is 221 g/mol. The van der Waals surface area contributed by atoms with Crippen LogP contribution in [0.2, 0.25) is 0 Å². The fourth-order valence-electron chi connectivity index (χ4n) is 2.00. The highest BCUT2D eigenvalue weighted by molar-refractivity contribution is 6.00. The van der Waals surface area contributed by atoms with Crippen molar-refractivity contribution in [3.63, 3.8) is 0 Å². The summed E-state index contributed by atoms with van der Waals surface area (Å²) in [6.07, 6.45) is 2.29. The smallest absolute Gasteiger partial charge is 0.227 e. The fourth-order valence-corrected chi connectivity index (χ4v) is 2.00. The first-order valence-electron chi connectivity index (χ1n) is 5.45. The number of Topliss-reactive ketones (excluding diaryl/α,β-unsaturated/α-hetero) is 1. The van der Waals surface area contributed by atoms with E-state index in [-0.39, 0.29) is 24.2 Å². The van der Waals surface area contributed by atoms with Crippen LogP contribution in [0.3, 0.4) is 0 Å². The van der Waals surface area contributed by atoms with E-state index in [9.17, 15) is 9.59 Å². The minimum Gasteiger partial charge on any atom is -0.348 e. The van der Waals surface area contributed by atoms with E-state index in [1.807, 2.05) is 24.7 Å². The molecule has 1 aliphatic heterocycles. The predicted molar refractivity (Wildman–Crippen MR) is 57.8 cm³/mol. The molecule has 1 aromatic heterocycles. The molecule has 1 saturated heterocycles. The number of aryl methyl sites for hydroxylation is 2. The largest absolute Gasteiger partial charge is 0.348 e. The lowest BCUT2D eigenvalue weighted by atomic mass is 9.97. The summed E-state index contributed by atoms with van der Waals surface area (Å²) in [6.45, 7) is 4.68. The maximum atomic E-state index is 11.4. The number of nitrogens with one attached hydrogen (secondary N) is 1. The summed E-state index contributed by atoms with van der Waals surface area (Å²) in [7, 11) is 0. The number of piperidine rings is 1. The quantitative estimate of drug-likeness (QED) is 0.749. The van der Waals surface area contributed by atoms with Crippen LogP contribution in [-0.2, 0) is 16.1 Å². The van der Waals surface area contributed by atoms with Crippen LogP contribution >= 0.6 is 0 Å². The number of aromatic nitrogens is 2. The molecule has 1 aromatic rings. The molecular formula is C11H15N3O2. The van der Waals surface area contributed by atoms with Crippen LogP contribution in [0.5, 0.6) is 0 Å². The highest BCUT2D eigenvalue weighted by Gasteiger charge is 2.27. The van der Waals surface area contributed by atoms with Gasteiger partial charge in [-0.2, -0.15) is 5.10 Å². The number of nitrogens with zero attached hydrogens (tertiary/aromatic N) is 2. The Labute approximate surface area is 93.8 Å². The second kappa shape index (κ2) is 4.08. The van der Waals surface area contributed by atoms with Gasteiger partial charge in [-0.15, -0.1) is 0 Å². The number of hydrogen-bond donors (Lipinski definition) is 1. The highest BCUT2D eigenvalue weighted by Crippen LogP contribution is 2.23. The van der Waals surface area contributed by atoms with Crippen LogP contribution in [-0.4, -0.2) is 21.5 Å². The Balaban J connectivity index is 2.25. The monoisotopic (exact) mass is 221 g/mol. The zero-order valence-corrected chi connectivity index (χ0v) is 9.49. The Bertz CT molecular complexity index is 420. The van der Waals surface area contributed by atoms with E-state index in [1.54, 1.807) is 0 Å². The molecule has 0 aliphatic carbocycles. The lowest BCUT2D eigenvalue weighted by Crippen LogP contribution is -2.37. The summed E-state index contributed by atoms with van der Waals surface area (Å²) in [5, 5.41) is 7.14. The predicted octanol–water partition coefficient (Wildman–Crippen LogP) is 0.732. The molecule has 0 spiro atoms. The van der Waals surface area contributed by atoms with E-state index in [0.717, 1.165) is 17.8 Å². The first kappa shape index (κ1) is 10.9. The molecule has 0 bridgehead atoms. The van der Waals surface area contributed by atoms with Crippen molar-refractivity contribution in [3.8, 4) is 0 Å². The maximum absolute atomic E-state index is 11.4. The van der Waals surface area contributed by atoms with Gasteiger partial charge >= 0.3 is 0 Å². The minimum atomic E-state index is -0.200. The Morgan fingerprint density at radius 2 is 2.31 bits per heavy atom. The summed E-state index contributed by atoms with van der Waals surface area (Å²) < 4.78 is 1.82. The molecule has 2 heterocycles. The molecule has 0 radical (unpaired) electrons. The molecule has 1 amide bonds. The lowest BCUT2D eigenvalue weighted by Gasteiger charge is -2.21. The first-order chi connectivity index (χ1) is 7.60. The fraction of sp³-hybridized carbons (Fsp3) is 0.545. The Kier molecular flexibility index (Phi) is 2.77. The lowest BCUT2D eigenvalue weighted by molar-refractivity contribution is -0.132. The molecule has 1 N–H and O–H groups in total. The van der Waals surface area contributed by atoms with Crippen LogP contribution in [0.1, 0.15) is 37.1 Å². The zero-order chi connectivity index (χ0) is 11.7. The molecule has 1 atom stereocenters. The van der Waals surface area contributed by atoms with Crippen LogP contribution in [0.15, 0.2) is 6.20 Å². The summed E-state index contributed by atoms with van der Waals surface area (Å²) in [6, 6.07) is -0.200. The molecule has 1 aliphatic rings. The van der Waals surface area contributed by atoms with Crippen LogP contribution in [0.25, 0.3) is 0 Å². The molecule has 5 nitrogen and oxygen atoms in total. The third kappa shape index (κ3) is 1.98. The van der Waals surface area contributed by atoms with Crippen molar-refractivity contribution in [2.75, 3.05) is 0 Å². The van der Waals surface area contributed by atoms with E-state index in [4.69, 9.17) is 0 Å². The van der Waals surface area contributed by atoms with Crippen LogP contribution < -0.4 is 5.32 Å². The second-order valence-corrected chi connectivity index (χ2v) is 4.07. The summed E-state index contributed by atoms with van der Waals surface area (Å²) >= 11 is 0. The van der Waals surface area contributed by atoms with Crippen molar-refractivity contribution in [1.82, 2.24) is 15.1 Å². The van der Waals surface area contributed by atoms with E-state index >= 15 is 0 Å². The summed E-state index contributed by atoms with van der Waals surface area (Å²) in [5.74, 6) is -0.192. The number of hydrogen-bond acceptors (Lipinski definition) is 3. The van der Waals surface area contributed by atoms with Crippen LogP contribution in [0, 0.1) is 6.92 Å². The molecular weight excluding hydrogens is 206 g/mol. The van der Waals surface area contributed by atoms with Gasteiger partial charge < -0.3 is 5.32 Å². The summed E-state index contributed by atoms with van der Waals surface area (Å²) in [5.41, 5.74) is 1.82. The molecule has 0 aromatic carbocycles. The number of rotatable bonds is 2. The Morgan fingerprint density at radius 3 is 2.88 bits per heavy atom. The zero-order valence-electron chi connectivity index (χ0n) is 9.49. The highest BCUT2D eigenvalue weighted by atomic mass is 16.2. The molecule has 5 heteroatoms. The van der Waals surface area contributed by atoms with Gasteiger partial charge in [0.15, 0.2) is 0 Å². The molecule has 1 fully saturated rings. The Hall–Kier alpha value is -1.65. The number of amides is 1. The summed E-state index contributed by atoms with van der Waals surface area (Å²) in [4.78, 5) is 22.6. The SMILES string of the molecule is CCn1cc([C@@H]2CC(=O)CC(=O)N2)c(C)n1. The van der Waals surface area contributed by atoms with Gasteiger partial charge in [0.2, 0.25) is 5.91 Å². The van der Waals surface area contributed by atoms with Crippen molar-refractivity contribution < 1.29 is 9.59 Å². The topological polar surface area (TPSA) is 64.0 Å².